The summed E-state index contributed by atoms with van der Waals surface area (Å²) in [6.45, 7) is 0.831. The van der Waals surface area contributed by atoms with Crippen molar-refractivity contribution in [3.05, 3.63) is 23.5 Å². The smallest absolute Gasteiger partial charge is 0.422 e. The Balaban J connectivity index is 2.79. The van der Waals surface area contributed by atoms with Gasteiger partial charge in [-0.25, -0.2) is 0 Å². The van der Waals surface area contributed by atoms with Crippen molar-refractivity contribution in [1.82, 2.24) is 10.3 Å². The molecule has 0 aliphatic heterocycles. The van der Waals surface area contributed by atoms with Gasteiger partial charge in [-0.3, -0.25) is 4.98 Å². The number of pyridine rings is 1. The van der Waals surface area contributed by atoms with Crippen molar-refractivity contribution in [2.24, 2.45) is 0 Å². The van der Waals surface area contributed by atoms with E-state index in [1.165, 1.54) is 12.3 Å². The summed E-state index contributed by atoms with van der Waals surface area (Å²) in [5, 5.41) is 2.84. The Morgan fingerprint density at radius 3 is 2.69 bits per heavy atom. The van der Waals surface area contributed by atoms with Crippen molar-refractivity contribution in [1.29, 1.82) is 0 Å². The molecule has 0 unspecified atom stereocenters. The van der Waals surface area contributed by atoms with Crippen molar-refractivity contribution >= 4 is 0 Å². The summed E-state index contributed by atoms with van der Waals surface area (Å²) in [5.74, 6) is 0.221. The van der Waals surface area contributed by atoms with E-state index in [1.54, 1.807) is 14.0 Å². The van der Waals surface area contributed by atoms with Crippen LogP contribution < -0.4 is 10.1 Å². The number of nitrogens with one attached hydrogen (secondary N) is 1. The third kappa shape index (κ3) is 4.06. The Hall–Kier alpha value is -1.30. The monoisotopic (exact) mass is 234 g/mol. The fraction of sp³-hybridized carbons (Fsp3) is 0.500. The van der Waals surface area contributed by atoms with E-state index in [1.807, 2.05) is 0 Å². The van der Waals surface area contributed by atoms with Crippen LogP contribution in [0.15, 0.2) is 12.3 Å². The van der Waals surface area contributed by atoms with Gasteiger partial charge in [0.1, 0.15) is 5.75 Å². The van der Waals surface area contributed by atoms with Crippen LogP contribution in [0.3, 0.4) is 0 Å². The lowest BCUT2D eigenvalue weighted by atomic mass is 10.2. The number of aromatic nitrogens is 1. The minimum Gasteiger partial charge on any atom is -0.484 e. The van der Waals surface area contributed by atoms with Crippen molar-refractivity contribution in [2.75, 3.05) is 13.7 Å². The van der Waals surface area contributed by atoms with Gasteiger partial charge < -0.3 is 10.1 Å². The number of aryl methyl sites for hydroxylation is 1. The molecule has 6 heteroatoms. The Kier molecular flexibility index (Phi) is 4.12. The minimum absolute atomic E-state index is 0.221. The zero-order valence-corrected chi connectivity index (χ0v) is 9.06. The molecule has 90 valence electrons. The summed E-state index contributed by atoms with van der Waals surface area (Å²) < 4.78 is 40.7. The molecular formula is C10H13F3N2O. The quantitative estimate of drug-likeness (QED) is 0.865. The predicted molar refractivity (Wildman–Crippen MR) is 53.3 cm³/mol. The predicted octanol–water partition coefficient (Wildman–Crippen LogP) is 2.05. The molecule has 0 saturated heterocycles. The SMILES string of the molecule is CNCc1cnc(C)cc1OCC(F)(F)F. The van der Waals surface area contributed by atoms with E-state index in [0.717, 1.165) is 0 Å². The average Bonchev–Trinajstić information content (AvgIpc) is 2.17. The van der Waals surface area contributed by atoms with Crippen molar-refractivity contribution in [2.45, 2.75) is 19.6 Å². The molecule has 0 spiro atoms. The zero-order valence-electron chi connectivity index (χ0n) is 9.06. The van der Waals surface area contributed by atoms with E-state index in [-0.39, 0.29) is 5.75 Å². The van der Waals surface area contributed by atoms with Crippen LogP contribution in [-0.4, -0.2) is 24.8 Å². The van der Waals surface area contributed by atoms with Crippen LogP contribution in [0.5, 0.6) is 5.75 Å². The maximum absolute atomic E-state index is 12.0. The van der Waals surface area contributed by atoms with Crippen LogP contribution in [0, 0.1) is 6.92 Å². The average molecular weight is 234 g/mol. The third-order valence-corrected chi connectivity index (χ3v) is 1.84. The van der Waals surface area contributed by atoms with Crippen LogP contribution in [0.25, 0.3) is 0 Å². The number of hydrogen-bond donors (Lipinski definition) is 1. The molecule has 3 nitrogen and oxygen atoms in total. The molecule has 0 radical (unpaired) electrons. The molecule has 0 aliphatic carbocycles. The number of nitrogens with zero attached hydrogens (tertiary/aromatic N) is 1. The highest BCUT2D eigenvalue weighted by atomic mass is 19.4. The molecular weight excluding hydrogens is 221 g/mol. The molecule has 1 aromatic heterocycles. The van der Waals surface area contributed by atoms with Gasteiger partial charge in [-0.05, 0) is 14.0 Å². The lowest BCUT2D eigenvalue weighted by Crippen LogP contribution is -2.20. The van der Waals surface area contributed by atoms with Gasteiger partial charge in [0.25, 0.3) is 0 Å². The molecule has 0 atom stereocenters. The second-order valence-corrected chi connectivity index (χ2v) is 3.37. The van der Waals surface area contributed by atoms with Gasteiger partial charge in [0.05, 0.1) is 0 Å². The molecule has 1 rings (SSSR count). The van der Waals surface area contributed by atoms with Gasteiger partial charge in [0.15, 0.2) is 6.61 Å². The Morgan fingerprint density at radius 2 is 2.12 bits per heavy atom. The lowest BCUT2D eigenvalue weighted by molar-refractivity contribution is -0.153. The van der Waals surface area contributed by atoms with Gasteiger partial charge in [-0.15, -0.1) is 0 Å². The maximum atomic E-state index is 12.0. The van der Waals surface area contributed by atoms with E-state index in [4.69, 9.17) is 4.74 Å². The van der Waals surface area contributed by atoms with E-state index in [2.05, 4.69) is 10.3 Å². The Morgan fingerprint density at radius 1 is 1.44 bits per heavy atom. The molecule has 0 aliphatic rings. The molecule has 16 heavy (non-hydrogen) atoms. The molecule has 0 bridgehead atoms. The van der Waals surface area contributed by atoms with Gasteiger partial charge >= 0.3 is 6.18 Å². The summed E-state index contributed by atoms with van der Waals surface area (Å²) in [7, 11) is 1.70. The first-order valence-corrected chi connectivity index (χ1v) is 4.72. The van der Waals surface area contributed by atoms with E-state index >= 15 is 0 Å². The number of alkyl halides is 3. The first-order chi connectivity index (χ1) is 7.42. The second-order valence-electron chi connectivity index (χ2n) is 3.37. The third-order valence-electron chi connectivity index (χ3n) is 1.84. The van der Waals surface area contributed by atoms with Gasteiger partial charge in [0, 0.05) is 30.1 Å². The molecule has 0 saturated carbocycles. The standard InChI is InChI=1S/C10H13F3N2O/c1-7-3-9(16-6-10(11,12)13)8(4-14-2)5-15-7/h3,5,14H,4,6H2,1-2H3. The van der Waals surface area contributed by atoms with Crippen LogP contribution in [0.2, 0.25) is 0 Å². The first-order valence-electron chi connectivity index (χ1n) is 4.72. The summed E-state index contributed by atoms with van der Waals surface area (Å²) in [4.78, 5) is 4.00. The van der Waals surface area contributed by atoms with Crippen LogP contribution in [0.4, 0.5) is 13.2 Å². The Labute approximate surface area is 91.6 Å². The number of hydrogen-bond acceptors (Lipinski definition) is 3. The van der Waals surface area contributed by atoms with Gasteiger partial charge in [-0.1, -0.05) is 0 Å². The highest BCUT2D eigenvalue weighted by molar-refractivity contribution is 5.32. The van der Waals surface area contributed by atoms with E-state index in [9.17, 15) is 13.2 Å². The highest BCUT2D eigenvalue weighted by Crippen LogP contribution is 2.22. The fourth-order valence-corrected chi connectivity index (χ4v) is 1.18. The largest absolute Gasteiger partial charge is 0.484 e. The van der Waals surface area contributed by atoms with Gasteiger partial charge in [0.2, 0.25) is 0 Å². The first kappa shape index (κ1) is 12.8. The van der Waals surface area contributed by atoms with Gasteiger partial charge in [-0.2, -0.15) is 13.2 Å². The number of halogens is 3. The summed E-state index contributed by atoms with van der Waals surface area (Å²) in [6.07, 6.45) is -2.81. The number of rotatable bonds is 4. The van der Waals surface area contributed by atoms with E-state index < -0.39 is 12.8 Å². The molecule has 1 N–H and O–H groups in total. The van der Waals surface area contributed by atoms with Crippen molar-refractivity contribution in [3.63, 3.8) is 0 Å². The minimum atomic E-state index is -4.33. The van der Waals surface area contributed by atoms with E-state index in [0.29, 0.717) is 17.8 Å². The number of ether oxygens (including phenoxy) is 1. The summed E-state index contributed by atoms with van der Waals surface area (Å²) in [5.41, 5.74) is 1.23. The molecule has 0 fully saturated rings. The molecule has 0 amide bonds. The zero-order chi connectivity index (χ0) is 12.2. The molecule has 1 aromatic rings. The lowest BCUT2D eigenvalue weighted by Gasteiger charge is -2.13. The van der Waals surface area contributed by atoms with Crippen molar-refractivity contribution < 1.29 is 17.9 Å². The van der Waals surface area contributed by atoms with Crippen LogP contribution in [0.1, 0.15) is 11.3 Å². The molecule has 1 heterocycles. The van der Waals surface area contributed by atoms with Crippen LogP contribution >= 0.6 is 0 Å². The highest BCUT2D eigenvalue weighted by Gasteiger charge is 2.28. The second kappa shape index (κ2) is 5.16. The molecule has 0 aromatic carbocycles. The normalized spacial score (nSPS) is 11.6. The fourth-order valence-electron chi connectivity index (χ4n) is 1.18. The van der Waals surface area contributed by atoms with Crippen molar-refractivity contribution in [3.8, 4) is 5.75 Å². The topological polar surface area (TPSA) is 34.2 Å². The summed E-state index contributed by atoms with van der Waals surface area (Å²) >= 11 is 0. The van der Waals surface area contributed by atoms with Crippen LogP contribution in [-0.2, 0) is 6.54 Å². The summed E-state index contributed by atoms with van der Waals surface area (Å²) in [6, 6.07) is 1.50. The Bertz CT molecular complexity index is 352. The maximum Gasteiger partial charge on any atom is 0.422 e.